The van der Waals surface area contributed by atoms with Crippen molar-refractivity contribution in [2.24, 2.45) is 0 Å². The predicted molar refractivity (Wildman–Crippen MR) is 90.9 cm³/mol. The molecule has 0 unspecified atom stereocenters. The first-order valence-corrected chi connectivity index (χ1v) is 9.10. The Kier molecular flexibility index (Phi) is 14.1. The van der Waals surface area contributed by atoms with E-state index in [9.17, 15) is 9.59 Å². The fourth-order valence-corrected chi connectivity index (χ4v) is 2.50. The molecule has 0 fully saturated rings. The molecule has 0 aromatic heterocycles. The summed E-state index contributed by atoms with van der Waals surface area (Å²) in [6.45, 7) is 3.73. The number of carbonyl (C=O) groups excluding carboxylic acids is 1. The molecule has 0 aliphatic heterocycles. The van der Waals surface area contributed by atoms with E-state index in [1.54, 1.807) is 0 Å². The van der Waals surface area contributed by atoms with Gasteiger partial charge >= 0.3 is 5.97 Å². The average Bonchev–Trinajstić information content (AvgIpc) is 2.48. The molecule has 1 atom stereocenters. The van der Waals surface area contributed by atoms with Gasteiger partial charge in [-0.1, -0.05) is 77.6 Å². The molecule has 1 amide bonds. The van der Waals surface area contributed by atoms with Crippen LogP contribution in [0.25, 0.3) is 0 Å². The summed E-state index contributed by atoms with van der Waals surface area (Å²) < 4.78 is 0. The van der Waals surface area contributed by atoms with Crippen LogP contribution in [-0.2, 0) is 9.59 Å². The minimum atomic E-state index is -0.983. The minimum Gasteiger partial charge on any atom is -0.480 e. The Bertz CT molecular complexity index is 292. The van der Waals surface area contributed by atoms with Gasteiger partial charge in [0.15, 0.2) is 0 Å². The van der Waals surface area contributed by atoms with E-state index in [0.29, 0.717) is 6.42 Å². The van der Waals surface area contributed by atoms with Crippen molar-refractivity contribution < 1.29 is 14.7 Å². The Morgan fingerprint density at radius 1 is 0.818 bits per heavy atom. The second-order valence-corrected chi connectivity index (χ2v) is 6.27. The molecule has 0 heterocycles. The second kappa shape index (κ2) is 14.9. The highest BCUT2D eigenvalue weighted by Crippen LogP contribution is 2.12. The van der Waals surface area contributed by atoms with E-state index in [1.807, 2.05) is 0 Å². The van der Waals surface area contributed by atoms with Gasteiger partial charge in [-0.2, -0.15) is 0 Å². The van der Waals surface area contributed by atoms with Crippen LogP contribution in [0.5, 0.6) is 0 Å². The first kappa shape index (κ1) is 20.9. The van der Waals surface area contributed by atoms with Crippen molar-refractivity contribution in [3.05, 3.63) is 0 Å². The van der Waals surface area contributed by atoms with Crippen LogP contribution in [0.15, 0.2) is 0 Å². The van der Waals surface area contributed by atoms with Gasteiger partial charge in [0.2, 0.25) is 5.91 Å². The van der Waals surface area contributed by atoms with Crippen LogP contribution in [0.1, 0.15) is 97.3 Å². The van der Waals surface area contributed by atoms with E-state index in [-0.39, 0.29) is 5.91 Å². The maximum Gasteiger partial charge on any atom is 0.325 e. The van der Waals surface area contributed by atoms with E-state index in [4.69, 9.17) is 5.11 Å². The number of rotatable bonds is 15. The fourth-order valence-electron chi connectivity index (χ4n) is 2.50. The van der Waals surface area contributed by atoms with Gasteiger partial charge in [0.25, 0.3) is 0 Å². The number of aliphatic carboxylic acids is 1. The molecule has 0 saturated carbocycles. The van der Waals surface area contributed by atoms with Crippen LogP contribution in [0.4, 0.5) is 0 Å². The SMILES string of the molecule is CCCCCCCCCCCCCCC(=O)N[C@@H](C)C(=O)O. The molecule has 0 saturated heterocycles. The Morgan fingerprint density at radius 2 is 1.23 bits per heavy atom. The first-order valence-electron chi connectivity index (χ1n) is 9.10. The third-order valence-electron chi connectivity index (χ3n) is 4.01. The summed E-state index contributed by atoms with van der Waals surface area (Å²) in [7, 11) is 0. The van der Waals surface area contributed by atoms with Gasteiger partial charge in [0.1, 0.15) is 6.04 Å². The quantitative estimate of drug-likeness (QED) is 0.432. The summed E-state index contributed by atoms with van der Waals surface area (Å²) in [5.74, 6) is -1.13. The van der Waals surface area contributed by atoms with E-state index >= 15 is 0 Å². The molecule has 130 valence electrons. The lowest BCUT2D eigenvalue weighted by Crippen LogP contribution is -2.38. The van der Waals surface area contributed by atoms with Crippen molar-refractivity contribution >= 4 is 11.9 Å². The lowest BCUT2D eigenvalue weighted by Gasteiger charge is -2.08. The van der Waals surface area contributed by atoms with Gasteiger partial charge in [0, 0.05) is 6.42 Å². The summed E-state index contributed by atoms with van der Waals surface area (Å²) >= 11 is 0. The van der Waals surface area contributed by atoms with Crippen molar-refractivity contribution in [2.45, 2.75) is 103 Å². The number of hydrogen-bond donors (Lipinski definition) is 2. The van der Waals surface area contributed by atoms with E-state index in [2.05, 4.69) is 12.2 Å². The second-order valence-electron chi connectivity index (χ2n) is 6.27. The molecule has 0 aliphatic carbocycles. The van der Waals surface area contributed by atoms with E-state index in [0.717, 1.165) is 12.8 Å². The monoisotopic (exact) mass is 313 g/mol. The lowest BCUT2D eigenvalue weighted by molar-refractivity contribution is -0.141. The number of nitrogens with one attached hydrogen (secondary N) is 1. The largest absolute Gasteiger partial charge is 0.480 e. The van der Waals surface area contributed by atoms with Crippen molar-refractivity contribution in [1.82, 2.24) is 5.32 Å². The molecule has 4 nitrogen and oxygen atoms in total. The highest BCUT2D eigenvalue weighted by atomic mass is 16.4. The Labute approximate surface area is 136 Å². The third-order valence-corrected chi connectivity index (χ3v) is 4.01. The smallest absolute Gasteiger partial charge is 0.325 e. The molecule has 0 aliphatic rings. The molecule has 0 rings (SSSR count). The first-order chi connectivity index (χ1) is 10.6. The minimum absolute atomic E-state index is 0.151. The molecular weight excluding hydrogens is 278 g/mol. The van der Waals surface area contributed by atoms with Crippen LogP contribution in [0.3, 0.4) is 0 Å². The van der Waals surface area contributed by atoms with E-state index < -0.39 is 12.0 Å². The van der Waals surface area contributed by atoms with Gasteiger partial charge in [0.05, 0.1) is 0 Å². The zero-order chi connectivity index (χ0) is 16.6. The van der Waals surface area contributed by atoms with Gasteiger partial charge in [-0.05, 0) is 13.3 Å². The van der Waals surface area contributed by atoms with Crippen molar-refractivity contribution in [3.8, 4) is 0 Å². The van der Waals surface area contributed by atoms with Gasteiger partial charge < -0.3 is 10.4 Å². The molecule has 4 heteroatoms. The zero-order valence-corrected chi connectivity index (χ0v) is 14.5. The number of hydrogen-bond acceptors (Lipinski definition) is 2. The molecule has 2 N–H and O–H groups in total. The Morgan fingerprint density at radius 3 is 1.64 bits per heavy atom. The topological polar surface area (TPSA) is 66.4 Å². The average molecular weight is 313 g/mol. The molecule has 0 aromatic rings. The molecule has 22 heavy (non-hydrogen) atoms. The van der Waals surface area contributed by atoms with Crippen LogP contribution in [0.2, 0.25) is 0 Å². The van der Waals surface area contributed by atoms with Crippen LogP contribution < -0.4 is 5.32 Å². The standard InChI is InChI=1S/C18H35NO3/c1-3-4-5-6-7-8-9-10-11-12-13-14-15-17(20)19-16(2)18(21)22/h16H,3-15H2,1-2H3,(H,19,20)(H,21,22)/t16-/m0/s1. The predicted octanol–water partition coefficient (Wildman–Crippen LogP) is 4.67. The zero-order valence-electron chi connectivity index (χ0n) is 14.5. The summed E-state index contributed by atoms with van der Waals surface area (Å²) in [6.07, 6.45) is 15.6. The van der Waals surface area contributed by atoms with E-state index in [1.165, 1.54) is 71.1 Å². The summed E-state index contributed by atoms with van der Waals surface area (Å²) in [4.78, 5) is 22.1. The maximum atomic E-state index is 11.5. The number of carboxylic acids is 1. The van der Waals surface area contributed by atoms with Crippen molar-refractivity contribution in [3.63, 3.8) is 0 Å². The number of carboxylic acid groups (broad SMARTS) is 1. The van der Waals surface area contributed by atoms with Crippen molar-refractivity contribution in [1.29, 1.82) is 0 Å². The normalized spacial score (nSPS) is 12.1. The van der Waals surface area contributed by atoms with Gasteiger partial charge in [-0.25, -0.2) is 0 Å². The molecule has 0 bridgehead atoms. The Hall–Kier alpha value is -1.06. The molecule has 0 radical (unpaired) electrons. The van der Waals surface area contributed by atoms with Gasteiger partial charge in [-0.3, -0.25) is 9.59 Å². The number of unbranched alkanes of at least 4 members (excludes halogenated alkanes) is 11. The fraction of sp³-hybridized carbons (Fsp3) is 0.889. The summed E-state index contributed by atoms with van der Waals surface area (Å²) in [5, 5.41) is 11.2. The lowest BCUT2D eigenvalue weighted by atomic mass is 10.0. The van der Waals surface area contributed by atoms with Gasteiger partial charge in [-0.15, -0.1) is 0 Å². The van der Waals surface area contributed by atoms with Crippen LogP contribution >= 0.6 is 0 Å². The van der Waals surface area contributed by atoms with Crippen LogP contribution in [-0.4, -0.2) is 23.0 Å². The molecule has 0 spiro atoms. The number of amides is 1. The summed E-state index contributed by atoms with van der Waals surface area (Å²) in [5.41, 5.74) is 0. The highest BCUT2D eigenvalue weighted by molar-refractivity contribution is 5.83. The maximum absolute atomic E-state index is 11.5. The highest BCUT2D eigenvalue weighted by Gasteiger charge is 2.12. The number of carbonyl (C=O) groups is 2. The molecular formula is C18H35NO3. The Balaban J connectivity index is 3.23. The third kappa shape index (κ3) is 13.9. The van der Waals surface area contributed by atoms with Crippen molar-refractivity contribution in [2.75, 3.05) is 0 Å². The molecule has 0 aromatic carbocycles. The van der Waals surface area contributed by atoms with Crippen LogP contribution in [0, 0.1) is 0 Å². The summed E-state index contributed by atoms with van der Waals surface area (Å²) in [6, 6.07) is -0.787.